The van der Waals surface area contributed by atoms with Gasteiger partial charge in [-0.3, -0.25) is 29.1 Å². The van der Waals surface area contributed by atoms with Crippen LogP contribution in [-0.4, -0.2) is 131 Å². The molecule has 0 bridgehead atoms. The van der Waals surface area contributed by atoms with Gasteiger partial charge in [0.15, 0.2) is 0 Å². The van der Waals surface area contributed by atoms with Gasteiger partial charge in [-0.2, -0.15) is 0 Å². The van der Waals surface area contributed by atoms with E-state index in [2.05, 4.69) is 11.8 Å². The van der Waals surface area contributed by atoms with E-state index in [1.54, 1.807) is 4.90 Å². The Hall–Kier alpha value is -1.75. The van der Waals surface area contributed by atoms with Crippen LogP contribution in [0.2, 0.25) is 0 Å². The zero-order valence-corrected chi connectivity index (χ0v) is 24.5. The van der Waals surface area contributed by atoms with Crippen molar-refractivity contribution in [2.24, 2.45) is 0 Å². The van der Waals surface area contributed by atoms with Gasteiger partial charge in [-0.25, -0.2) is 0 Å². The highest BCUT2D eigenvalue weighted by Crippen LogP contribution is 2.13. The maximum absolute atomic E-state index is 11.4. The molecule has 0 radical (unpaired) electrons. The predicted octanol–water partition coefficient (Wildman–Crippen LogP) is 3.55. The van der Waals surface area contributed by atoms with Crippen molar-refractivity contribution in [1.29, 1.82) is 0 Å². The van der Waals surface area contributed by atoms with Crippen LogP contribution in [0.1, 0.15) is 90.4 Å². The summed E-state index contributed by atoms with van der Waals surface area (Å²) in [5.41, 5.74) is 0. The molecule has 0 atom stereocenters. The molecule has 1 rings (SSSR count). The van der Waals surface area contributed by atoms with E-state index in [0.717, 1.165) is 13.0 Å². The first-order chi connectivity index (χ1) is 18.8. The summed E-state index contributed by atoms with van der Waals surface area (Å²) < 4.78 is 0. The number of hydrogen-bond donors (Lipinski definition) is 3. The monoisotopic (exact) mass is 556 g/mol. The maximum Gasteiger partial charge on any atom is 0.317 e. The smallest absolute Gasteiger partial charge is 0.317 e. The summed E-state index contributed by atoms with van der Waals surface area (Å²) in [6.07, 6.45) is 17.0. The van der Waals surface area contributed by atoms with Crippen molar-refractivity contribution in [3.05, 3.63) is 0 Å². The second-order valence-electron chi connectivity index (χ2n) is 11.1. The van der Waals surface area contributed by atoms with E-state index in [9.17, 15) is 29.7 Å². The molecule has 3 N–H and O–H groups in total. The largest absolute Gasteiger partial charge is 0.480 e. The Morgan fingerprint density at radius 3 is 0.974 bits per heavy atom. The number of rotatable bonds is 20. The molecule has 1 fully saturated rings. The van der Waals surface area contributed by atoms with Gasteiger partial charge in [0.1, 0.15) is 0 Å². The number of carboxylic acid groups (broad SMARTS) is 3. The first-order valence-corrected chi connectivity index (χ1v) is 15.3. The van der Waals surface area contributed by atoms with Crippen molar-refractivity contribution in [2.45, 2.75) is 90.4 Å². The van der Waals surface area contributed by atoms with E-state index in [0.29, 0.717) is 52.4 Å². The van der Waals surface area contributed by atoms with Gasteiger partial charge in [-0.1, -0.05) is 84.0 Å². The van der Waals surface area contributed by atoms with E-state index >= 15 is 0 Å². The van der Waals surface area contributed by atoms with E-state index in [-0.39, 0.29) is 19.6 Å². The van der Waals surface area contributed by atoms with Crippen LogP contribution in [-0.2, 0) is 14.4 Å². The molecule has 1 aliphatic rings. The Kier molecular flexibility index (Phi) is 20.8. The summed E-state index contributed by atoms with van der Waals surface area (Å²) in [5.74, 6) is -2.72. The van der Waals surface area contributed by atoms with Crippen LogP contribution in [0.15, 0.2) is 0 Å². The molecule has 1 aliphatic heterocycles. The van der Waals surface area contributed by atoms with Crippen molar-refractivity contribution in [3.63, 3.8) is 0 Å². The molecule has 0 saturated carbocycles. The van der Waals surface area contributed by atoms with Gasteiger partial charge >= 0.3 is 17.9 Å². The van der Waals surface area contributed by atoms with Gasteiger partial charge in [-0.15, -0.1) is 0 Å². The average molecular weight is 557 g/mol. The Bertz CT molecular complexity index is 634. The summed E-state index contributed by atoms with van der Waals surface area (Å²) in [7, 11) is 0. The number of hydrogen-bond acceptors (Lipinski definition) is 7. The Labute approximate surface area is 236 Å². The van der Waals surface area contributed by atoms with E-state index in [4.69, 9.17) is 0 Å². The lowest BCUT2D eigenvalue weighted by molar-refractivity contribution is -0.140. The van der Waals surface area contributed by atoms with Crippen LogP contribution >= 0.6 is 0 Å². The molecule has 228 valence electrons. The Morgan fingerprint density at radius 2 is 0.692 bits per heavy atom. The molecule has 0 aromatic rings. The van der Waals surface area contributed by atoms with Crippen molar-refractivity contribution < 1.29 is 29.7 Å². The maximum atomic E-state index is 11.4. The van der Waals surface area contributed by atoms with Gasteiger partial charge in [0.2, 0.25) is 0 Å². The summed E-state index contributed by atoms with van der Waals surface area (Å²) in [5, 5.41) is 28.0. The lowest BCUT2D eigenvalue weighted by Gasteiger charge is -2.33. The molecule has 0 amide bonds. The zero-order chi connectivity index (χ0) is 28.7. The van der Waals surface area contributed by atoms with Crippen molar-refractivity contribution in [1.82, 2.24) is 19.6 Å². The van der Waals surface area contributed by atoms with Crippen LogP contribution in [0.5, 0.6) is 0 Å². The van der Waals surface area contributed by atoms with Crippen LogP contribution in [0.3, 0.4) is 0 Å². The standard InChI is InChI=1S/C29H56N4O6/c1-2-3-4-5-6-7-8-9-10-11-12-13-14-15-30-16-18-31(24-27(34)35)20-22-33(26-29(38)39)23-21-32(19-17-30)25-28(36)37/h2-26H2,1H3,(H,34,35)(H,36,37)(H,38,39). The van der Waals surface area contributed by atoms with Gasteiger partial charge in [0, 0.05) is 52.4 Å². The molecule has 0 unspecified atom stereocenters. The SMILES string of the molecule is CCCCCCCCCCCCCCCN1CCN(CC(=O)O)CCN(CC(=O)O)CCN(CC(=O)O)CC1. The molecule has 0 aromatic carbocycles. The molecular weight excluding hydrogens is 500 g/mol. The molecule has 0 aromatic heterocycles. The number of carboxylic acids is 3. The van der Waals surface area contributed by atoms with Crippen molar-refractivity contribution in [3.8, 4) is 0 Å². The Balaban J connectivity index is 2.48. The quantitative estimate of drug-likeness (QED) is 0.192. The van der Waals surface area contributed by atoms with Crippen LogP contribution in [0.25, 0.3) is 0 Å². The fraction of sp³-hybridized carbons (Fsp3) is 0.897. The number of nitrogens with zero attached hydrogens (tertiary/aromatic N) is 4. The molecule has 39 heavy (non-hydrogen) atoms. The summed E-state index contributed by atoms with van der Waals surface area (Å²) >= 11 is 0. The minimum Gasteiger partial charge on any atom is -0.480 e. The zero-order valence-electron chi connectivity index (χ0n) is 24.5. The lowest BCUT2D eigenvalue weighted by atomic mass is 10.0. The van der Waals surface area contributed by atoms with Crippen molar-refractivity contribution in [2.75, 3.05) is 78.5 Å². The van der Waals surface area contributed by atoms with Gasteiger partial charge in [0.05, 0.1) is 19.6 Å². The molecular formula is C29H56N4O6. The normalized spacial score (nSPS) is 17.5. The number of aliphatic carboxylic acids is 3. The third-order valence-electron chi connectivity index (χ3n) is 7.58. The summed E-state index contributed by atoms with van der Waals surface area (Å²) in [4.78, 5) is 42.0. The molecule has 0 spiro atoms. The topological polar surface area (TPSA) is 125 Å². The summed E-state index contributed by atoms with van der Waals surface area (Å²) in [6, 6.07) is 0. The molecule has 1 saturated heterocycles. The third kappa shape index (κ3) is 20.8. The van der Waals surface area contributed by atoms with Crippen LogP contribution in [0, 0.1) is 0 Å². The minimum atomic E-state index is -0.944. The lowest BCUT2D eigenvalue weighted by Crippen LogP contribution is -2.48. The van der Waals surface area contributed by atoms with Crippen molar-refractivity contribution >= 4 is 17.9 Å². The van der Waals surface area contributed by atoms with Gasteiger partial charge in [0.25, 0.3) is 0 Å². The number of unbranched alkanes of at least 4 members (excludes halogenated alkanes) is 12. The molecule has 10 nitrogen and oxygen atoms in total. The highest BCUT2D eigenvalue weighted by molar-refractivity contribution is 5.69. The first-order valence-electron chi connectivity index (χ1n) is 15.3. The van der Waals surface area contributed by atoms with Gasteiger partial charge < -0.3 is 20.2 Å². The molecule has 0 aliphatic carbocycles. The predicted molar refractivity (Wildman–Crippen MR) is 154 cm³/mol. The summed E-state index contributed by atoms with van der Waals surface area (Å²) in [6.45, 7) is 7.28. The molecule has 10 heteroatoms. The first kappa shape index (κ1) is 35.3. The van der Waals surface area contributed by atoms with Crippen LogP contribution < -0.4 is 0 Å². The second kappa shape index (κ2) is 23.0. The highest BCUT2D eigenvalue weighted by atomic mass is 16.4. The van der Waals surface area contributed by atoms with E-state index < -0.39 is 17.9 Å². The Morgan fingerprint density at radius 1 is 0.436 bits per heavy atom. The van der Waals surface area contributed by atoms with Crippen LogP contribution in [0.4, 0.5) is 0 Å². The second-order valence-corrected chi connectivity index (χ2v) is 11.1. The van der Waals surface area contributed by atoms with Gasteiger partial charge in [-0.05, 0) is 13.0 Å². The fourth-order valence-corrected chi connectivity index (χ4v) is 5.20. The molecule has 1 heterocycles. The fourth-order valence-electron chi connectivity index (χ4n) is 5.20. The highest BCUT2D eigenvalue weighted by Gasteiger charge is 2.20. The minimum absolute atomic E-state index is 0.0708. The third-order valence-corrected chi connectivity index (χ3v) is 7.58. The number of carbonyl (C=O) groups is 3. The van der Waals surface area contributed by atoms with E-state index in [1.807, 2.05) is 9.80 Å². The van der Waals surface area contributed by atoms with E-state index in [1.165, 1.54) is 77.0 Å². The average Bonchev–Trinajstić information content (AvgIpc) is 2.87.